The highest BCUT2D eigenvalue weighted by atomic mass is 16.3. The molecule has 1 aromatic carbocycles. The quantitative estimate of drug-likeness (QED) is 0.551. The van der Waals surface area contributed by atoms with Crippen molar-refractivity contribution in [2.75, 3.05) is 13.1 Å². The summed E-state index contributed by atoms with van der Waals surface area (Å²) in [5.41, 5.74) is -0.406. The van der Waals surface area contributed by atoms with E-state index in [1.165, 1.54) is 0 Å². The van der Waals surface area contributed by atoms with Crippen molar-refractivity contribution in [2.24, 2.45) is 0 Å². The Bertz CT molecular complexity index is 773. The van der Waals surface area contributed by atoms with Gasteiger partial charge < -0.3 is 10.4 Å². The van der Waals surface area contributed by atoms with Crippen LogP contribution in [0.4, 0.5) is 4.79 Å². The number of amides is 5. The summed E-state index contributed by atoms with van der Waals surface area (Å²) in [6, 6.07) is 5.86. The minimum atomic E-state index is -1.23. The number of benzene rings is 1. The molecule has 2 aliphatic rings. The van der Waals surface area contributed by atoms with Crippen molar-refractivity contribution < 1.29 is 24.3 Å². The predicted molar refractivity (Wildman–Crippen MR) is 96.0 cm³/mol. The van der Waals surface area contributed by atoms with E-state index in [0.29, 0.717) is 6.42 Å². The SMILES string of the molecule is CCCCC1(C)NC(=O)N(CC(O)CN2C(=O)c3ccccc3C2=O)C1=O. The molecule has 3 rings (SSSR count). The zero-order valence-electron chi connectivity index (χ0n) is 15.4. The highest BCUT2D eigenvalue weighted by molar-refractivity contribution is 6.21. The van der Waals surface area contributed by atoms with Gasteiger partial charge in [-0.2, -0.15) is 0 Å². The molecule has 144 valence electrons. The maximum Gasteiger partial charge on any atom is 0.325 e. The van der Waals surface area contributed by atoms with Crippen LogP contribution in [0.1, 0.15) is 53.8 Å². The summed E-state index contributed by atoms with van der Waals surface area (Å²) in [7, 11) is 0. The second-order valence-electron chi connectivity index (χ2n) is 7.20. The lowest BCUT2D eigenvalue weighted by molar-refractivity contribution is -0.132. The smallest absolute Gasteiger partial charge is 0.325 e. The molecule has 0 radical (unpaired) electrons. The Morgan fingerprint density at radius 2 is 1.59 bits per heavy atom. The highest BCUT2D eigenvalue weighted by Gasteiger charge is 2.48. The molecule has 8 heteroatoms. The summed E-state index contributed by atoms with van der Waals surface area (Å²) in [5, 5.41) is 13.0. The number of hydrogen-bond donors (Lipinski definition) is 2. The van der Waals surface area contributed by atoms with E-state index in [0.717, 1.165) is 22.6 Å². The van der Waals surface area contributed by atoms with E-state index in [4.69, 9.17) is 0 Å². The third kappa shape index (κ3) is 3.32. The van der Waals surface area contributed by atoms with E-state index < -0.39 is 35.4 Å². The minimum absolute atomic E-state index is 0.278. The molecule has 2 heterocycles. The van der Waals surface area contributed by atoms with Crippen LogP contribution in [0.5, 0.6) is 0 Å². The highest BCUT2D eigenvalue weighted by Crippen LogP contribution is 2.25. The number of aliphatic hydroxyl groups excluding tert-OH is 1. The first-order valence-corrected chi connectivity index (χ1v) is 9.06. The summed E-state index contributed by atoms with van der Waals surface area (Å²) >= 11 is 0. The molecule has 2 aliphatic heterocycles. The zero-order valence-corrected chi connectivity index (χ0v) is 15.4. The first-order valence-electron chi connectivity index (χ1n) is 9.06. The monoisotopic (exact) mass is 373 g/mol. The standard InChI is InChI=1S/C19H23N3O5/c1-3-4-9-19(2)17(26)22(18(27)20-19)11-12(23)10-21-15(24)13-7-5-6-8-14(13)16(21)25/h5-8,12,23H,3-4,9-11H2,1-2H3,(H,20,27). The fraction of sp³-hybridized carbons (Fsp3) is 0.474. The number of fused-ring (bicyclic) bond motifs is 1. The summed E-state index contributed by atoms with van der Waals surface area (Å²) in [5.74, 6) is -1.37. The van der Waals surface area contributed by atoms with Crippen molar-refractivity contribution in [2.45, 2.75) is 44.8 Å². The van der Waals surface area contributed by atoms with E-state index in [9.17, 15) is 24.3 Å². The average Bonchev–Trinajstić information content (AvgIpc) is 3.00. The number of β-amino-alcohol motifs (C(OH)–C–C–N with tert-alkyl or cyclic N) is 1. The number of unbranched alkanes of at least 4 members (excludes halogenated alkanes) is 1. The van der Waals surface area contributed by atoms with Crippen LogP contribution in [-0.4, -0.2) is 63.4 Å². The zero-order chi connectivity index (χ0) is 19.8. The number of aliphatic hydroxyl groups is 1. The maximum atomic E-state index is 12.6. The molecule has 2 N–H and O–H groups in total. The van der Waals surface area contributed by atoms with Crippen molar-refractivity contribution in [3.63, 3.8) is 0 Å². The number of carbonyl (C=O) groups is 4. The van der Waals surface area contributed by atoms with Crippen molar-refractivity contribution in [1.29, 1.82) is 0 Å². The van der Waals surface area contributed by atoms with E-state index in [1.807, 2.05) is 6.92 Å². The molecule has 0 saturated carbocycles. The summed E-state index contributed by atoms with van der Waals surface area (Å²) in [4.78, 5) is 51.4. The van der Waals surface area contributed by atoms with Crippen LogP contribution in [0.15, 0.2) is 24.3 Å². The van der Waals surface area contributed by atoms with Crippen molar-refractivity contribution in [1.82, 2.24) is 15.1 Å². The van der Waals surface area contributed by atoms with Gasteiger partial charge in [0.15, 0.2) is 0 Å². The Balaban J connectivity index is 1.66. The molecule has 0 aliphatic carbocycles. The number of urea groups is 1. The fourth-order valence-electron chi connectivity index (χ4n) is 3.50. The second kappa shape index (κ2) is 7.11. The molecule has 1 aromatic rings. The van der Waals surface area contributed by atoms with Gasteiger partial charge >= 0.3 is 6.03 Å². The number of imide groups is 2. The lowest BCUT2D eigenvalue weighted by Gasteiger charge is -2.24. The van der Waals surface area contributed by atoms with Crippen LogP contribution in [-0.2, 0) is 4.79 Å². The Kier molecular flexibility index (Phi) is 5.01. The third-order valence-corrected chi connectivity index (χ3v) is 5.04. The topological polar surface area (TPSA) is 107 Å². The summed E-state index contributed by atoms with van der Waals surface area (Å²) in [6.07, 6.45) is 0.962. The minimum Gasteiger partial charge on any atom is -0.389 e. The Morgan fingerprint density at radius 3 is 2.15 bits per heavy atom. The van der Waals surface area contributed by atoms with Gasteiger partial charge in [-0.1, -0.05) is 31.9 Å². The molecular weight excluding hydrogens is 350 g/mol. The maximum absolute atomic E-state index is 12.6. The lowest BCUT2D eigenvalue weighted by atomic mass is 9.95. The summed E-state index contributed by atoms with van der Waals surface area (Å²) in [6.45, 7) is 3.10. The molecule has 5 amide bonds. The number of rotatable bonds is 7. The predicted octanol–water partition coefficient (Wildman–Crippen LogP) is 1.14. The van der Waals surface area contributed by atoms with Crippen LogP contribution in [0.2, 0.25) is 0 Å². The largest absolute Gasteiger partial charge is 0.389 e. The van der Waals surface area contributed by atoms with Gasteiger partial charge in [-0.25, -0.2) is 4.79 Å². The van der Waals surface area contributed by atoms with Gasteiger partial charge in [-0.15, -0.1) is 0 Å². The molecule has 0 bridgehead atoms. The van der Waals surface area contributed by atoms with Crippen LogP contribution in [0.25, 0.3) is 0 Å². The van der Waals surface area contributed by atoms with Gasteiger partial charge in [0, 0.05) is 0 Å². The Hall–Kier alpha value is -2.74. The van der Waals surface area contributed by atoms with Crippen LogP contribution < -0.4 is 5.32 Å². The molecule has 0 spiro atoms. The first kappa shape index (κ1) is 19.0. The summed E-state index contributed by atoms with van der Waals surface area (Å²) < 4.78 is 0. The van der Waals surface area contributed by atoms with Crippen molar-refractivity contribution >= 4 is 23.8 Å². The van der Waals surface area contributed by atoms with Crippen molar-refractivity contribution in [3.05, 3.63) is 35.4 Å². The van der Waals surface area contributed by atoms with Crippen LogP contribution in [0.3, 0.4) is 0 Å². The first-order chi connectivity index (χ1) is 12.8. The molecule has 1 fully saturated rings. The van der Waals surface area contributed by atoms with Gasteiger partial charge in [0.2, 0.25) is 0 Å². The molecule has 2 unspecified atom stereocenters. The van der Waals surface area contributed by atoms with Gasteiger partial charge in [0.25, 0.3) is 17.7 Å². The molecule has 27 heavy (non-hydrogen) atoms. The molecular formula is C19H23N3O5. The number of carbonyl (C=O) groups excluding carboxylic acids is 4. The fourth-order valence-corrected chi connectivity index (χ4v) is 3.50. The molecule has 1 saturated heterocycles. The number of nitrogens with one attached hydrogen (secondary N) is 1. The van der Waals surface area contributed by atoms with Gasteiger partial charge in [-0.05, 0) is 25.5 Å². The van der Waals surface area contributed by atoms with Gasteiger partial charge in [-0.3, -0.25) is 24.2 Å². The lowest BCUT2D eigenvalue weighted by Crippen LogP contribution is -2.46. The molecule has 8 nitrogen and oxygen atoms in total. The average molecular weight is 373 g/mol. The van der Waals surface area contributed by atoms with Crippen LogP contribution in [0, 0.1) is 0 Å². The molecule has 0 aromatic heterocycles. The van der Waals surface area contributed by atoms with Crippen LogP contribution >= 0.6 is 0 Å². The van der Waals surface area contributed by atoms with E-state index in [1.54, 1.807) is 31.2 Å². The Labute approximate surface area is 157 Å². The van der Waals surface area contributed by atoms with Crippen molar-refractivity contribution in [3.8, 4) is 0 Å². The normalized spacial score (nSPS) is 23.1. The number of hydrogen-bond acceptors (Lipinski definition) is 5. The Morgan fingerprint density at radius 1 is 1.04 bits per heavy atom. The third-order valence-electron chi connectivity index (χ3n) is 5.04. The van der Waals surface area contributed by atoms with Gasteiger partial charge in [0.05, 0.1) is 30.3 Å². The number of nitrogens with zero attached hydrogens (tertiary/aromatic N) is 2. The second-order valence-corrected chi connectivity index (χ2v) is 7.20. The molecule has 2 atom stereocenters. The van der Waals surface area contributed by atoms with Gasteiger partial charge in [0.1, 0.15) is 5.54 Å². The van der Waals surface area contributed by atoms with E-state index in [2.05, 4.69) is 5.32 Å². The van der Waals surface area contributed by atoms with E-state index >= 15 is 0 Å². The van der Waals surface area contributed by atoms with E-state index in [-0.39, 0.29) is 24.2 Å².